The van der Waals surface area contributed by atoms with Crippen LogP contribution in [0.2, 0.25) is 0 Å². The molecule has 0 amide bonds. The Morgan fingerprint density at radius 3 is 2.86 bits per heavy atom. The third-order valence-corrected chi connectivity index (χ3v) is 1.04. The van der Waals surface area contributed by atoms with Gasteiger partial charge in [-0.2, -0.15) is 0 Å². The molecule has 1 N–H and O–H groups in total. The van der Waals surface area contributed by atoms with Crippen molar-refractivity contribution in [3.05, 3.63) is 11.8 Å². The number of ether oxygens (including phenoxy) is 1. The van der Waals surface area contributed by atoms with Gasteiger partial charge in [-0.15, -0.1) is 0 Å². The maximum atomic E-state index is 8.32. The normalized spacial score (nSPS) is 26.6. The molecule has 2 nitrogen and oxygen atoms in total. The van der Waals surface area contributed by atoms with Gasteiger partial charge in [0.25, 0.3) is 0 Å². The van der Waals surface area contributed by atoms with Crippen LogP contribution >= 0.6 is 0 Å². The van der Waals surface area contributed by atoms with E-state index in [4.69, 9.17) is 9.84 Å². The summed E-state index contributed by atoms with van der Waals surface area (Å²) in [6, 6.07) is 0. The van der Waals surface area contributed by atoms with Gasteiger partial charge in [0.1, 0.15) is 0 Å². The zero-order valence-corrected chi connectivity index (χ0v) is 4.05. The van der Waals surface area contributed by atoms with Gasteiger partial charge in [-0.25, -0.2) is 0 Å². The fourth-order valence-electron chi connectivity index (χ4n) is 0.581. The van der Waals surface area contributed by atoms with Crippen LogP contribution < -0.4 is 0 Å². The summed E-state index contributed by atoms with van der Waals surface area (Å²) in [4.78, 5) is 0. The first-order valence-corrected chi connectivity index (χ1v) is 2.33. The van der Waals surface area contributed by atoms with Crippen LogP contribution in [0.1, 0.15) is 6.42 Å². The minimum atomic E-state index is 0.622. The summed E-state index contributed by atoms with van der Waals surface area (Å²) in [5, 5.41) is 8.32. The quantitative estimate of drug-likeness (QED) is 0.457. The zero-order valence-electron chi connectivity index (χ0n) is 4.05. The molecule has 1 saturated heterocycles. The van der Waals surface area contributed by atoms with Crippen LogP contribution in [0.4, 0.5) is 0 Å². The molecule has 0 unspecified atom stereocenters. The number of rotatable bonds is 0. The first kappa shape index (κ1) is 4.65. The highest BCUT2D eigenvalue weighted by atomic mass is 16.5. The largest absolute Gasteiger partial charge is 0.516 e. The fraction of sp³-hybridized carbons (Fsp3) is 0.600. The van der Waals surface area contributed by atoms with Crippen LogP contribution in [0.3, 0.4) is 0 Å². The van der Waals surface area contributed by atoms with Gasteiger partial charge in [-0.1, -0.05) is 0 Å². The standard InChI is InChI=1S/C5H8O2/c6-3-5-1-2-7-4-5/h3,6H,1-2,4H2/b5-3-. The van der Waals surface area contributed by atoms with Crippen molar-refractivity contribution in [2.45, 2.75) is 6.42 Å². The molecule has 1 aliphatic rings. The van der Waals surface area contributed by atoms with Gasteiger partial charge in [0.05, 0.1) is 19.5 Å². The summed E-state index contributed by atoms with van der Waals surface area (Å²) in [5.74, 6) is 0. The Morgan fingerprint density at radius 2 is 2.57 bits per heavy atom. The highest BCUT2D eigenvalue weighted by Crippen LogP contribution is 2.08. The molecule has 1 fully saturated rings. The van der Waals surface area contributed by atoms with Crippen LogP contribution in [0.25, 0.3) is 0 Å². The van der Waals surface area contributed by atoms with Crippen LogP contribution in [0, 0.1) is 0 Å². The van der Waals surface area contributed by atoms with Crippen molar-refractivity contribution < 1.29 is 9.84 Å². The maximum Gasteiger partial charge on any atom is 0.0807 e. The molecule has 0 atom stereocenters. The Bertz CT molecular complexity index is 78.1. The summed E-state index contributed by atoms with van der Waals surface area (Å²) >= 11 is 0. The van der Waals surface area contributed by atoms with E-state index in [0.29, 0.717) is 6.61 Å². The monoisotopic (exact) mass is 100 g/mol. The highest BCUT2D eigenvalue weighted by Gasteiger charge is 2.04. The van der Waals surface area contributed by atoms with Crippen molar-refractivity contribution in [3.8, 4) is 0 Å². The minimum absolute atomic E-state index is 0.622. The predicted octanol–water partition coefficient (Wildman–Crippen LogP) is 0.849. The summed E-state index contributed by atoms with van der Waals surface area (Å²) in [5.41, 5.74) is 1.00. The van der Waals surface area contributed by atoms with Crippen molar-refractivity contribution in [1.82, 2.24) is 0 Å². The smallest absolute Gasteiger partial charge is 0.0807 e. The van der Waals surface area contributed by atoms with Gasteiger partial charge in [-0.05, 0) is 12.0 Å². The summed E-state index contributed by atoms with van der Waals surface area (Å²) in [7, 11) is 0. The first-order chi connectivity index (χ1) is 3.43. The predicted molar refractivity (Wildman–Crippen MR) is 26.1 cm³/mol. The minimum Gasteiger partial charge on any atom is -0.516 e. The van der Waals surface area contributed by atoms with E-state index >= 15 is 0 Å². The fourth-order valence-corrected chi connectivity index (χ4v) is 0.581. The van der Waals surface area contributed by atoms with Crippen LogP contribution in [0.15, 0.2) is 11.8 Å². The Morgan fingerprint density at radius 1 is 1.71 bits per heavy atom. The molecule has 0 aliphatic carbocycles. The number of aliphatic hydroxyl groups is 1. The molecule has 40 valence electrons. The molecule has 7 heavy (non-hydrogen) atoms. The molecule has 0 aromatic carbocycles. The molecular weight excluding hydrogens is 92.1 g/mol. The molecule has 0 spiro atoms. The number of hydrogen-bond donors (Lipinski definition) is 1. The lowest BCUT2D eigenvalue weighted by atomic mass is 10.3. The molecule has 1 aliphatic heterocycles. The van der Waals surface area contributed by atoms with Gasteiger partial charge in [-0.3, -0.25) is 0 Å². The lowest BCUT2D eigenvalue weighted by molar-refractivity contribution is 0.204. The average molecular weight is 100 g/mol. The van der Waals surface area contributed by atoms with Crippen molar-refractivity contribution in [1.29, 1.82) is 0 Å². The third-order valence-electron chi connectivity index (χ3n) is 1.04. The van der Waals surface area contributed by atoms with Crippen LogP contribution in [0.5, 0.6) is 0 Å². The molecule has 1 rings (SSSR count). The van der Waals surface area contributed by atoms with Gasteiger partial charge in [0, 0.05) is 0 Å². The van der Waals surface area contributed by atoms with E-state index in [-0.39, 0.29) is 0 Å². The summed E-state index contributed by atoms with van der Waals surface area (Å²) in [6.07, 6.45) is 2.03. The second-order valence-electron chi connectivity index (χ2n) is 1.59. The molecule has 1 heterocycles. The van der Waals surface area contributed by atoms with Crippen molar-refractivity contribution >= 4 is 0 Å². The number of aliphatic hydroxyl groups excluding tert-OH is 1. The second kappa shape index (κ2) is 1.98. The Labute approximate surface area is 42.4 Å². The van der Waals surface area contributed by atoms with E-state index in [2.05, 4.69) is 0 Å². The topological polar surface area (TPSA) is 29.5 Å². The third kappa shape index (κ3) is 0.933. The Kier molecular flexibility index (Phi) is 1.32. The Hall–Kier alpha value is -0.500. The molecule has 0 bridgehead atoms. The van der Waals surface area contributed by atoms with E-state index in [1.807, 2.05) is 0 Å². The SMILES string of the molecule is O/C=C1/CCOC1. The van der Waals surface area contributed by atoms with Gasteiger partial charge in [0.2, 0.25) is 0 Å². The lowest BCUT2D eigenvalue weighted by Gasteiger charge is -1.82. The number of hydrogen-bond acceptors (Lipinski definition) is 2. The zero-order chi connectivity index (χ0) is 5.11. The molecular formula is C5H8O2. The van der Waals surface area contributed by atoms with E-state index < -0.39 is 0 Å². The second-order valence-corrected chi connectivity index (χ2v) is 1.59. The average Bonchev–Trinajstić information content (AvgIpc) is 2.14. The van der Waals surface area contributed by atoms with Crippen LogP contribution in [-0.2, 0) is 4.74 Å². The molecule has 0 saturated carbocycles. The Balaban J connectivity index is 2.41. The molecule has 0 aromatic heterocycles. The molecule has 2 heteroatoms. The van der Waals surface area contributed by atoms with E-state index in [9.17, 15) is 0 Å². The first-order valence-electron chi connectivity index (χ1n) is 2.33. The maximum absolute atomic E-state index is 8.32. The summed E-state index contributed by atoms with van der Waals surface area (Å²) < 4.78 is 4.92. The van der Waals surface area contributed by atoms with Crippen molar-refractivity contribution in [3.63, 3.8) is 0 Å². The highest BCUT2D eigenvalue weighted by molar-refractivity contribution is 5.00. The van der Waals surface area contributed by atoms with Crippen molar-refractivity contribution in [2.75, 3.05) is 13.2 Å². The van der Waals surface area contributed by atoms with E-state index in [1.165, 1.54) is 0 Å². The summed E-state index contributed by atoms with van der Waals surface area (Å²) in [6.45, 7) is 1.39. The molecule has 0 aromatic rings. The van der Waals surface area contributed by atoms with Gasteiger partial charge >= 0.3 is 0 Å². The van der Waals surface area contributed by atoms with E-state index in [1.54, 1.807) is 0 Å². The molecule has 0 radical (unpaired) electrons. The van der Waals surface area contributed by atoms with Gasteiger partial charge in [0.15, 0.2) is 0 Å². The lowest BCUT2D eigenvalue weighted by Crippen LogP contribution is -1.78. The van der Waals surface area contributed by atoms with Crippen LogP contribution in [-0.4, -0.2) is 18.3 Å². The van der Waals surface area contributed by atoms with Crippen molar-refractivity contribution in [2.24, 2.45) is 0 Å². The van der Waals surface area contributed by atoms with Gasteiger partial charge < -0.3 is 9.84 Å². The van der Waals surface area contributed by atoms with E-state index in [0.717, 1.165) is 24.9 Å².